The first-order valence-corrected chi connectivity index (χ1v) is 13.0. The van der Waals surface area contributed by atoms with Gasteiger partial charge in [-0.2, -0.15) is 0 Å². The zero-order chi connectivity index (χ0) is 28.5. The zero-order valence-corrected chi connectivity index (χ0v) is 22.9. The first-order valence-electron chi connectivity index (χ1n) is 13.0. The molecule has 5 rings (SSSR count). The van der Waals surface area contributed by atoms with Gasteiger partial charge in [0.25, 0.3) is 5.91 Å². The van der Waals surface area contributed by atoms with Gasteiger partial charge >= 0.3 is 6.09 Å². The topological polar surface area (TPSA) is 107 Å². The van der Waals surface area contributed by atoms with Crippen LogP contribution in [0.2, 0.25) is 0 Å². The molecule has 2 heterocycles. The molecule has 40 heavy (non-hydrogen) atoms. The van der Waals surface area contributed by atoms with Crippen LogP contribution in [0.3, 0.4) is 0 Å². The van der Waals surface area contributed by atoms with Crippen molar-refractivity contribution in [1.29, 1.82) is 0 Å². The number of imide groups is 1. The molecule has 1 fully saturated rings. The lowest BCUT2D eigenvalue weighted by Crippen LogP contribution is -2.54. The van der Waals surface area contributed by atoms with Gasteiger partial charge in [0.05, 0.1) is 18.5 Å². The third-order valence-electron chi connectivity index (χ3n) is 7.37. The van der Waals surface area contributed by atoms with Gasteiger partial charge in [0.15, 0.2) is 5.60 Å². The number of aliphatic hydroxyl groups excluding tert-OH is 1. The third-order valence-corrected chi connectivity index (χ3v) is 7.37. The van der Waals surface area contributed by atoms with Crippen LogP contribution in [-0.4, -0.2) is 48.2 Å². The number of carbonyl (C=O) groups is 2. The van der Waals surface area contributed by atoms with Crippen LogP contribution in [0.15, 0.2) is 91.1 Å². The highest BCUT2D eigenvalue weighted by molar-refractivity contribution is 5.99. The molecule has 1 aliphatic rings. The fourth-order valence-electron chi connectivity index (χ4n) is 5.11. The van der Waals surface area contributed by atoms with E-state index in [0.29, 0.717) is 0 Å². The molecule has 0 spiro atoms. The van der Waals surface area contributed by atoms with Crippen molar-refractivity contribution >= 4 is 12.0 Å². The molecular formula is C31H32N4O5. The summed E-state index contributed by atoms with van der Waals surface area (Å²) >= 11 is 0. The Kier molecular flexibility index (Phi) is 7.27. The number of aromatic nitrogens is 3. The number of benzene rings is 3. The van der Waals surface area contributed by atoms with Crippen molar-refractivity contribution < 1.29 is 24.2 Å². The molecule has 0 radical (unpaired) electrons. The Bertz CT molecular complexity index is 1490. The molecule has 1 aliphatic heterocycles. The minimum Gasteiger partial charge on any atom is -0.440 e. The molecule has 0 unspecified atom stereocenters. The number of cyclic esters (lactones) is 1. The summed E-state index contributed by atoms with van der Waals surface area (Å²) in [5, 5.41) is 19.3. The van der Waals surface area contributed by atoms with E-state index in [9.17, 15) is 14.7 Å². The summed E-state index contributed by atoms with van der Waals surface area (Å²) in [5.41, 5.74) is 0.994. The van der Waals surface area contributed by atoms with Crippen LogP contribution < -0.4 is 0 Å². The predicted molar refractivity (Wildman–Crippen MR) is 148 cm³/mol. The molecule has 0 bridgehead atoms. The normalized spacial score (nSPS) is 18.7. The number of aryl methyl sites for hydroxylation is 1. The maximum absolute atomic E-state index is 14.3. The van der Waals surface area contributed by atoms with Crippen molar-refractivity contribution in [2.75, 3.05) is 0 Å². The standard InChI is InChI=1S/C31H32N4O5/c1-30(2)26(24-13-9-6-10-14-24)35(29(38)40-30)28(37)31(3,27(36)25-19-32-33-34(25)4)39-20-21-15-17-23(18-16-21)22-11-7-5-8-12-22/h5-19,26-27,36H,20H2,1-4H3/t26-,27-,31-/m0/s1. The van der Waals surface area contributed by atoms with Crippen molar-refractivity contribution in [2.45, 2.75) is 50.7 Å². The highest BCUT2D eigenvalue weighted by Gasteiger charge is 2.57. The van der Waals surface area contributed by atoms with Crippen LogP contribution in [0.5, 0.6) is 0 Å². The van der Waals surface area contributed by atoms with Crippen molar-refractivity contribution in [3.8, 4) is 11.1 Å². The number of rotatable bonds is 8. The van der Waals surface area contributed by atoms with E-state index in [4.69, 9.17) is 9.47 Å². The summed E-state index contributed by atoms with van der Waals surface area (Å²) in [4.78, 5) is 28.6. The van der Waals surface area contributed by atoms with E-state index in [1.807, 2.05) is 84.9 Å². The predicted octanol–water partition coefficient (Wildman–Crippen LogP) is 4.99. The Morgan fingerprint density at radius 2 is 1.62 bits per heavy atom. The Hall–Kier alpha value is -4.34. The lowest BCUT2D eigenvalue weighted by Gasteiger charge is -2.37. The number of ether oxygens (including phenoxy) is 2. The molecule has 0 aliphatic carbocycles. The molecule has 3 atom stereocenters. The third kappa shape index (κ3) is 5.01. The minimum atomic E-state index is -1.89. The van der Waals surface area contributed by atoms with Crippen LogP contribution in [0.4, 0.5) is 4.79 Å². The molecular weight excluding hydrogens is 508 g/mol. The average Bonchev–Trinajstić information content (AvgIpc) is 3.50. The van der Waals surface area contributed by atoms with Crippen LogP contribution in [0.1, 0.15) is 49.7 Å². The van der Waals surface area contributed by atoms with Gasteiger partial charge in [-0.3, -0.25) is 4.79 Å². The first kappa shape index (κ1) is 27.2. The zero-order valence-electron chi connectivity index (χ0n) is 22.9. The molecule has 1 saturated heterocycles. The molecule has 206 valence electrons. The lowest BCUT2D eigenvalue weighted by atomic mass is 9.88. The van der Waals surface area contributed by atoms with Crippen LogP contribution in [0, 0.1) is 0 Å². The monoisotopic (exact) mass is 540 g/mol. The van der Waals surface area contributed by atoms with E-state index in [-0.39, 0.29) is 12.3 Å². The van der Waals surface area contributed by atoms with Gasteiger partial charge in [0.1, 0.15) is 17.7 Å². The van der Waals surface area contributed by atoms with Crippen LogP contribution in [0.25, 0.3) is 11.1 Å². The Labute approximate surface area is 233 Å². The second kappa shape index (κ2) is 10.7. The summed E-state index contributed by atoms with van der Waals surface area (Å²) in [6.07, 6.45) is -0.924. The van der Waals surface area contributed by atoms with E-state index >= 15 is 0 Å². The van der Waals surface area contributed by atoms with Crippen molar-refractivity contribution in [1.82, 2.24) is 19.9 Å². The van der Waals surface area contributed by atoms with Gasteiger partial charge in [-0.15, -0.1) is 5.10 Å². The Morgan fingerprint density at radius 3 is 2.23 bits per heavy atom. The number of hydrogen-bond acceptors (Lipinski definition) is 7. The maximum Gasteiger partial charge on any atom is 0.417 e. The highest BCUT2D eigenvalue weighted by atomic mass is 16.6. The summed E-state index contributed by atoms with van der Waals surface area (Å²) in [6, 6.07) is 26.2. The number of carbonyl (C=O) groups excluding carboxylic acids is 2. The lowest BCUT2D eigenvalue weighted by molar-refractivity contribution is -0.175. The Morgan fingerprint density at radius 1 is 1.02 bits per heavy atom. The van der Waals surface area contributed by atoms with Crippen LogP contribution >= 0.6 is 0 Å². The summed E-state index contributed by atoms with van der Waals surface area (Å²) < 4.78 is 13.3. The van der Waals surface area contributed by atoms with E-state index in [2.05, 4.69) is 10.3 Å². The van der Waals surface area contributed by atoms with Crippen molar-refractivity contribution in [2.24, 2.45) is 7.05 Å². The molecule has 9 nitrogen and oxygen atoms in total. The first-order chi connectivity index (χ1) is 19.1. The number of amides is 2. The number of nitrogens with zero attached hydrogens (tertiary/aromatic N) is 4. The molecule has 2 amide bonds. The average molecular weight is 541 g/mol. The van der Waals surface area contributed by atoms with Gasteiger partial charge in [-0.25, -0.2) is 14.4 Å². The molecule has 1 aromatic heterocycles. The molecule has 9 heteroatoms. The van der Waals surface area contributed by atoms with E-state index in [1.165, 1.54) is 17.8 Å². The van der Waals surface area contributed by atoms with E-state index < -0.39 is 35.3 Å². The van der Waals surface area contributed by atoms with Crippen LogP contribution in [-0.2, 0) is 27.9 Å². The van der Waals surface area contributed by atoms with E-state index in [0.717, 1.165) is 27.2 Å². The number of aliphatic hydroxyl groups is 1. The van der Waals surface area contributed by atoms with E-state index in [1.54, 1.807) is 20.9 Å². The summed E-state index contributed by atoms with van der Waals surface area (Å²) in [7, 11) is 1.61. The fourth-order valence-corrected chi connectivity index (χ4v) is 5.11. The molecule has 1 N–H and O–H groups in total. The second-order valence-electron chi connectivity index (χ2n) is 10.6. The quantitative estimate of drug-likeness (QED) is 0.336. The van der Waals surface area contributed by atoms with Crippen molar-refractivity contribution in [3.05, 3.63) is 108 Å². The minimum absolute atomic E-state index is 0.00192. The Balaban J connectivity index is 1.48. The van der Waals surface area contributed by atoms with Gasteiger partial charge in [-0.1, -0.05) is 90.1 Å². The maximum atomic E-state index is 14.3. The fraction of sp³-hybridized carbons (Fsp3) is 0.290. The van der Waals surface area contributed by atoms with Gasteiger partial charge in [0, 0.05) is 7.05 Å². The van der Waals surface area contributed by atoms with Gasteiger partial charge in [0.2, 0.25) is 0 Å². The van der Waals surface area contributed by atoms with Gasteiger partial charge in [-0.05, 0) is 43.0 Å². The smallest absolute Gasteiger partial charge is 0.417 e. The summed E-state index contributed by atoms with van der Waals surface area (Å²) in [6.45, 7) is 4.99. The second-order valence-corrected chi connectivity index (χ2v) is 10.6. The molecule has 4 aromatic rings. The molecule has 3 aromatic carbocycles. The van der Waals surface area contributed by atoms with Gasteiger partial charge < -0.3 is 14.6 Å². The van der Waals surface area contributed by atoms with Crippen molar-refractivity contribution in [3.63, 3.8) is 0 Å². The summed E-state index contributed by atoms with van der Waals surface area (Å²) in [5.74, 6) is -0.730. The SMILES string of the molecule is Cn1nncc1[C@H](O)[C@](C)(OCc1ccc(-c2ccccc2)cc1)C(=O)N1C(=O)OC(C)(C)[C@@H]1c1ccccc1. The molecule has 0 saturated carbocycles. The highest BCUT2D eigenvalue weighted by Crippen LogP contribution is 2.44. The number of hydrogen-bond donors (Lipinski definition) is 1. The largest absolute Gasteiger partial charge is 0.440 e.